The molecular weight excluding hydrogens is 389 g/mol. The van der Waals surface area contributed by atoms with Gasteiger partial charge >= 0.3 is 0 Å². The van der Waals surface area contributed by atoms with Crippen molar-refractivity contribution in [3.63, 3.8) is 0 Å². The lowest BCUT2D eigenvalue weighted by atomic mass is 10.1. The largest absolute Gasteiger partial charge is 0.374 e. The number of halogens is 2. The van der Waals surface area contributed by atoms with Gasteiger partial charge in [0.15, 0.2) is 0 Å². The van der Waals surface area contributed by atoms with E-state index in [2.05, 4.69) is 10.2 Å². The highest BCUT2D eigenvalue weighted by Gasteiger charge is 2.35. The fourth-order valence-corrected chi connectivity index (χ4v) is 5.42. The van der Waals surface area contributed by atoms with Crippen LogP contribution in [0, 0.1) is 5.82 Å². The number of nitrogens with zero attached hydrogens (tertiary/aromatic N) is 2. The summed E-state index contributed by atoms with van der Waals surface area (Å²) in [4.78, 5) is 2.38. The number of hydrogen-bond acceptors (Lipinski definition) is 4. The van der Waals surface area contributed by atoms with Crippen LogP contribution in [-0.4, -0.2) is 45.9 Å². The van der Waals surface area contributed by atoms with Crippen molar-refractivity contribution in [2.24, 2.45) is 0 Å². The Morgan fingerprint density at radius 3 is 2.74 bits per heavy atom. The van der Waals surface area contributed by atoms with E-state index in [1.54, 1.807) is 24.3 Å². The summed E-state index contributed by atoms with van der Waals surface area (Å²) in [6.07, 6.45) is 0.936. The summed E-state index contributed by atoms with van der Waals surface area (Å²) in [5.74, 6) is -0.357. The van der Waals surface area contributed by atoms with Crippen LogP contribution in [0.25, 0.3) is 0 Å². The van der Waals surface area contributed by atoms with Crippen LogP contribution < -0.4 is 10.2 Å². The standard InChI is InChI=1S/C19H22FN3O2S.ClH/c1-22-9-7-14-5-6-17(12-18(14)22)26(24,25)23-10-8-21-13-19(23)15-3-2-4-16(20)11-15;/h2-6,11-12,19,21H,7-10,13H2,1H3;1H. The van der Waals surface area contributed by atoms with Crippen LogP contribution in [0.5, 0.6) is 0 Å². The van der Waals surface area contributed by atoms with Crippen molar-refractivity contribution in [1.29, 1.82) is 0 Å². The lowest BCUT2D eigenvalue weighted by molar-refractivity contribution is 0.271. The molecule has 1 saturated heterocycles. The van der Waals surface area contributed by atoms with Gasteiger partial charge in [-0.25, -0.2) is 12.8 Å². The van der Waals surface area contributed by atoms with E-state index < -0.39 is 16.1 Å². The van der Waals surface area contributed by atoms with Crippen molar-refractivity contribution in [3.05, 3.63) is 59.4 Å². The second kappa shape index (κ2) is 7.75. The van der Waals surface area contributed by atoms with Crippen LogP contribution in [0.3, 0.4) is 0 Å². The molecule has 0 spiro atoms. The van der Waals surface area contributed by atoms with Gasteiger partial charge in [0.2, 0.25) is 10.0 Å². The second-order valence-corrected chi connectivity index (χ2v) is 8.74. The predicted molar refractivity (Wildman–Crippen MR) is 107 cm³/mol. The van der Waals surface area contributed by atoms with E-state index in [-0.39, 0.29) is 18.2 Å². The Morgan fingerprint density at radius 2 is 1.96 bits per heavy atom. The second-order valence-electron chi connectivity index (χ2n) is 6.85. The van der Waals surface area contributed by atoms with E-state index in [1.807, 2.05) is 13.1 Å². The molecule has 146 valence electrons. The Labute approximate surface area is 165 Å². The van der Waals surface area contributed by atoms with Crippen LogP contribution in [0.1, 0.15) is 17.2 Å². The summed E-state index contributed by atoms with van der Waals surface area (Å²) in [7, 11) is -1.70. The molecule has 2 aliphatic heterocycles. The van der Waals surface area contributed by atoms with Gasteiger partial charge < -0.3 is 10.2 Å². The highest BCUT2D eigenvalue weighted by molar-refractivity contribution is 7.89. The van der Waals surface area contributed by atoms with Crippen molar-refractivity contribution in [3.8, 4) is 0 Å². The highest BCUT2D eigenvalue weighted by Crippen LogP contribution is 2.33. The summed E-state index contributed by atoms with van der Waals surface area (Å²) in [6, 6.07) is 11.1. The first-order valence-electron chi connectivity index (χ1n) is 8.79. The number of sulfonamides is 1. The molecule has 2 aromatic carbocycles. The fourth-order valence-electron chi connectivity index (χ4n) is 3.79. The molecule has 5 nitrogen and oxygen atoms in total. The molecule has 0 radical (unpaired) electrons. The number of fused-ring (bicyclic) bond motifs is 1. The smallest absolute Gasteiger partial charge is 0.243 e. The topological polar surface area (TPSA) is 52.7 Å². The molecule has 1 N–H and O–H groups in total. The zero-order chi connectivity index (χ0) is 18.3. The van der Waals surface area contributed by atoms with Crippen LogP contribution >= 0.6 is 12.4 Å². The van der Waals surface area contributed by atoms with Crippen molar-refractivity contribution in [2.75, 3.05) is 38.1 Å². The first-order valence-corrected chi connectivity index (χ1v) is 10.2. The first kappa shape index (κ1) is 20.1. The maximum absolute atomic E-state index is 13.7. The zero-order valence-electron chi connectivity index (χ0n) is 15.1. The normalized spacial score (nSPS) is 20.2. The molecule has 1 atom stereocenters. The fraction of sp³-hybridized carbons (Fsp3) is 0.368. The summed E-state index contributed by atoms with van der Waals surface area (Å²) < 4.78 is 41.9. The highest BCUT2D eigenvalue weighted by atomic mass is 35.5. The van der Waals surface area contributed by atoms with Gasteiger partial charge in [0.1, 0.15) is 5.82 Å². The van der Waals surface area contributed by atoms with Crippen LogP contribution in [-0.2, 0) is 16.4 Å². The maximum Gasteiger partial charge on any atom is 0.243 e. The molecule has 2 heterocycles. The summed E-state index contributed by atoms with van der Waals surface area (Å²) in [6.45, 7) is 2.30. The summed E-state index contributed by atoms with van der Waals surface area (Å²) >= 11 is 0. The molecule has 1 unspecified atom stereocenters. The molecule has 8 heteroatoms. The minimum Gasteiger partial charge on any atom is -0.374 e. The van der Waals surface area contributed by atoms with Crippen LogP contribution in [0.15, 0.2) is 47.4 Å². The number of anilines is 1. The van der Waals surface area contributed by atoms with Gasteiger partial charge in [-0.05, 0) is 41.8 Å². The third-order valence-electron chi connectivity index (χ3n) is 5.22. The van der Waals surface area contributed by atoms with E-state index in [0.717, 1.165) is 18.7 Å². The molecule has 1 fully saturated rings. The molecule has 2 aromatic rings. The summed E-state index contributed by atoms with van der Waals surface area (Å²) in [5, 5.41) is 3.22. The van der Waals surface area contributed by atoms with E-state index in [9.17, 15) is 12.8 Å². The Kier molecular flexibility index (Phi) is 5.76. The van der Waals surface area contributed by atoms with E-state index in [0.29, 0.717) is 30.1 Å². The Balaban J connectivity index is 0.00000210. The predicted octanol–water partition coefficient (Wildman–Crippen LogP) is 2.58. The van der Waals surface area contributed by atoms with Crippen molar-refractivity contribution in [2.45, 2.75) is 17.4 Å². The quantitative estimate of drug-likeness (QED) is 0.843. The van der Waals surface area contributed by atoms with Gasteiger partial charge in [-0.3, -0.25) is 0 Å². The van der Waals surface area contributed by atoms with Crippen molar-refractivity contribution < 1.29 is 12.8 Å². The van der Waals surface area contributed by atoms with Crippen LogP contribution in [0.2, 0.25) is 0 Å². The zero-order valence-corrected chi connectivity index (χ0v) is 16.7. The lowest BCUT2D eigenvalue weighted by Gasteiger charge is -2.35. The summed E-state index contributed by atoms with van der Waals surface area (Å²) in [5.41, 5.74) is 2.82. The lowest BCUT2D eigenvalue weighted by Crippen LogP contribution is -2.48. The number of hydrogen-bond donors (Lipinski definition) is 1. The third-order valence-corrected chi connectivity index (χ3v) is 7.12. The van der Waals surface area contributed by atoms with Gasteiger partial charge in [0.05, 0.1) is 10.9 Å². The molecule has 0 saturated carbocycles. The average Bonchev–Trinajstić information content (AvgIpc) is 3.02. The van der Waals surface area contributed by atoms with Gasteiger partial charge in [-0.2, -0.15) is 4.31 Å². The monoisotopic (exact) mass is 411 g/mol. The average molecular weight is 412 g/mol. The number of piperazine rings is 1. The maximum atomic E-state index is 13.7. The molecule has 0 aromatic heterocycles. The number of nitrogens with one attached hydrogen (secondary N) is 1. The minimum absolute atomic E-state index is 0. The van der Waals surface area contributed by atoms with Gasteiger partial charge in [-0.1, -0.05) is 18.2 Å². The molecule has 0 bridgehead atoms. The Bertz CT molecular complexity index is 938. The van der Waals surface area contributed by atoms with Crippen molar-refractivity contribution >= 4 is 28.1 Å². The molecular formula is C19H23ClFN3O2S. The molecule has 2 aliphatic rings. The van der Waals surface area contributed by atoms with E-state index in [4.69, 9.17) is 0 Å². The number of rotatable bonds is 3. The Hall–Kier alpha value is -1.67. The minimum atomic E-state index is -3.67. The molecule has 0 aliphatic carbocycles. The molecule has 4 rings (SSSR count). The van der Waals surface area contributed by atoms with Gasteiger partial charge in [0.25, 0.3) is 0 Å². The number of benzene rings is 2. The van der Waals surface area contributed by atoms with Gasteiger partial charge in [-0.15, -0.1) is 12.4 Å². The SMILES string of the molecule is CN1CCc2ccc(S(=O)(=O)N3CCNCC3c3cccc(F)c3)cc21.Cl. The van der Waals surface area contributed by atoms with E-state index in [1.165, 1.54) is 22.0 Å². The number of likely N-dealkylation sites (N-methyl/N-ethyl adjacent to an activating group) is 1. The molecule has 0 amide bonds. The van der Waals surface area contributed by atoms with Crippen molar-refractivity contribution in [1.82, 2.24) is 9.62 Å². The molecule has 27 heavy (non-hydrogen) atoms. The van der Waals surface area contributed by atoms with Crippen LogP contribution in [0.4, 0.5) is 10.1 Å². The Morgan fingerprint density at radius 1 is 1.15 bits per heavy atom. The third kappa shape index (κ3) is 3.69. The van der Waals surface area contributed by atoms with E-state index >= 15 is 0 Å². The van der Waals surface area contributed by atoms with Gasteiger partial charge in [0, 0.05) is 38.9 Å². The first-order chi connectivity index (χ1) is 12.5.